The lowest BCUT2D eigenvalue weighted by Gasteiger charge is -2.12. The first-order valence-corrected chi connectivity index (χ1v) is 5.79. The van der Waals surface area contributed by atoms with Gasteiger partial charge < -0.3 is 16.0 Å². The number of benzene rings is 1. The first-order chi connectivity index (χ1) is 7.11. The molecule has 3 nitrogen and oxygen atoms in total. The molecule has 0 saturated carbocycles. The highest BCUT2D eigenvalue weighted by Crippen LogP contribution is 2.19. The van der Waals surface area contributed by atoms with Crippen LogP contribution < -0.4 is 11.1 Å². The average molecular weight is 272 g/mol. The molecule has 0 heterocycles. The number of rotatable bonds is 5. The van der Waals surface area contributed by atoms with Crippen LogP contribution in [0, 0.1) is 0 Å². The van der Waals surface area contributed by atoms with Crippen LogP contribution >= 0.6 is 15.9 Å². The molecule has 0 amide bonds. The summed E-state index contributed by atoms with van der Waals surface area (Å²) in [5, 5.41) is 3.36. The fourth-order valence-corrected chi connectivity index (χ4v) is 1.83. The van der Waals surface area contributed by atoms with Crippen LogP contribution in [0.3, 0.4) is 0 Å². The van der Waals surface area contributed by atoms with E-state index in [0.717, 1.165) is 28.8 Å². The highest BCUT2D eigenvalue weighted by Gasteiger charge is 1.98. The highest BCUT2D eigenvalue weighted by atomic mass is 79.9. The van der Waals surface area contributed by atoms with Crippen LogP contribution in [0.15, 0.2) is 22.7 Å². The van der Waals surface area contributed by atoms with Crippen molar-refractivity contribution < 1.29 is 0 Å². The maximum absolute atomic E-state index is 5.61. The molecule has 0 aromatic heterocycles. The lowest BCUT2D eigenvalue weighted by molar-refractivity contribution is 0.425. The molecule has 0 fully saturated rings. The van der Waals surface area contributed by atoms with Crippen LogP contribution in [-0.4, -0.2) is 32.1 Å². The van der Waals surface area contributed by atoms with Crippen LogP contribution in [0.5, 0.6) is 0 Å². The Bertz CT molecular complexity index is 313. The van der Waals surface area contributed by atoms with Gasteiger partial charge in [-0.1, -0.05) is 15.9 Å². The van der Waals surface area contributed by atoms with Gasteiger partial charge in [-0.05, 0) is 37.9 Å². The SMILES string of the molecule is CN(C)CCNc1cc(Br)cc(CN)c1. The van der Waals surface area contributed by atoms with Gasteiger partial charge in [0, 0.05) is 29.8 Å². The van der Waals surface area contributed by atoms with Gasteiger partial charge in [-0.15, -0.1) is 0 Å². The third kappa shape index (κ3) is 4.64. The molecule has 1 aromatic rings. The minimum absolute atomic E-state index is 0.571. The standard InChI is InChI=1S/C11H18BrN3/c1-15(2)4-3-14-11-6-9(8-13)5-10(12)7-11/h5-7,14H,3-4,8,13H2,1-2H3. The topological polar surface area (TPSA) is 41.3 Å². The van der Waals surface area contributed by atoms with Gasteiger partial charge in [-0.2, -0.15) is 0 Å². The molecule has 1 aromatic carbocycles. The second kappa shape index (κ2) is 6.10. The fourth-order valence-electron chi connectivity index (χ4n) is 1.29. The zero-order valence-electron chi connectivity index (χ0n) is 9.26. The first-order valence-electron chi connectivity index (χ1n) is 5.00. The van der Waals surface area contributed by atoms with E-state index in [1.54, 1.807) is 0 Å². The van der Waals surface area contributed by atoms with Crippen molar-refractivity contribution in [3.8, 4) is 0 Å². The molecule has 0 aliphatic rings. The minimum atomic E-state index is 0.571. The van der Waals surface area contributed by atoms with E-state index in [9.17, 15) is 0 Å². The summed E-state index contributed by atoms with van der Waals surface area (Å²) in [4.78, 5) is 2.15. The number of halogens is 1. The van der Waals surface area contributed by atoms with E-state index in [1.807, 2.05) is 6.07 Å². The molecule has 0 aliphatic heterocycles. The lowest BCUT2D eigenvalue weighted by atomic mass is 10.2. The molecule has 0 atom stereocenters. The summed E-state index contributed by atoms with van der Waals surface area (Å²) >= 11 is 3.47. The predicted molar refractivity (Wildman–Crippen MR) is 69.1 cm³/mol. The molecule has 0 bridgehead atoms. The molecule has 0 aliphatic carbocycles. The van der Waals surface area contributed by atoms with Gasteiger partial charge in [-0.3, -0.25) is 0 Å². The fraction of sp³-hybridized carbons (Fsp3) is 0.455. The molecule has 1 rings (SSSR count). The van der Waals surface area contributed by atoms with Crippen LogP contribution in [-0.2, 0) is 6.54 Å². The number of nitrogens with zero attached hydrogens (tertiary/aromatic N) is 1. The van der Waals surface area contributed by atoms with E-state index in [-0.39, 0.29) is 0 Å². The molecule has 4 heteroatoms. The summed E-state index contributed by atoms with van der Waals surface area (Å²) in [5.74, 6) is 0. The summed E-state index contributed by atoms with van der Waals surface area (Å²) < 4.78 is 1.07. The number of likely N-dealkylation sites (N-methyl/N-ethyl adjacent to an activating group) is 1. The molecule has 0 unspecified atom stereocenters. The summed E-state index contributed by atoms with van der Waals surface area (Å²) in [7, 11) is 4.13. The van der Waals surface area contributed by atoms with E-state index in [2.05, 4.69) is 52.4 Å². The Labute approximate surface area is 99.8 Å². The third-order valence-corrected chi connectivity index (χ3v) is 2.54. The molecular formula is C11H18BrN3. The second-order valence-electron chi connectivity index (χ2n) is 3.78. The number of hydrogen-bond acceptors (Lipinski definition) is 3. The largest absolute Gasteiger partial charge is 0.384 e. The quantitative estimate of drug-likeness (QED) is 0.860. The Hall–Kier alpha value is -0.580. The molecule has 0 radical (unpaired) electrons. The summed E-state index contributed by atoms with van der Waals surface area (Å²) in [5.41, 5.74) is 7.86. The van der Waals surface area contributed by atoms with Crippen molar-refractivity contribution in [3.05, 3.63) is 28.2 Å². The van der Waals surface area contributed by atoms with E-state index in [4.69, 9.17) is 5.73 Å². The van der Waals surface area contributed by atoms with Crippen LogP contribution in [0.2, 0.25) is 0 Å². The first kappa shape index (κ1) is 12.5. The second-order valence-corrected chi connectivity index (χ2v) is 4.70. The Morgan fingerprint density at radius 1 is 1.33 bits per heavy atom. The van der Waals surface area contributed by atoms with Gasteiger partial charge >= 0.3 is 0 Å². The van der Waals surface area contributed by atoms with E-state index in [1.165, 1.54) is 0 Å². The third-order valence-electron chi connectivity index (χ3n) is 2.08. The van der Waals surface area contributed by atoms with Crippen molar-refractivity contribution in [2.45, 2.75) is 6.54 Å². The van der Waals surface area contributed by atoms with Crippen molar-refractivity contribution in [3.63, 3.8) is 0 Å². The zero-order chi connectivity index (χ0) is 11.3. The number of nitrogens with two attached hydrogens (primary N) is 1. The highest BCUT2D eigenvalue weighted by molar-refractivity contribution is 9.10. The smallest absolute Gasteiger partial charge is 0.0355 e. The Morgan fingerprint density at radius 3 is 2.67 bits per heavy atom. The van der Waals surface area contributed by atoms with E-state index in [0.29, 0.717) is 6.54 Å². The van der Waals surface area contributed by atoms with Crippen LogP contribution in [0.4, 0.5) is 5.69 Å². The van der Waals surface area contributed by atoms with Gasteiger partial charge in [0.15, 0.2) is 0 Å². The van der Waals surface area contributed by atoms with E-state index >= 15 is 0 Å². The van der Waals surface area contributed by atoms with Gasteiger partial charge in [0.1, 0.15) is 0 Å². The summed E-state index contributed by atoms with van der Waals surface area (Å²) in [6.07, 6.45) is 0. The molecule has 0 spiro atoms. The van der Waals surface area contributed by atoms with Crippen molar-refractivity contribution in [2.75, 3.05) is 32.5 Å². The van der Waals surface area contributed by atoms with Crippen LogP contribution in [0.1, 0.15) is 5.56 Å². The Balaban J connectivity index is 2.56. The van der Waals surface area contributed by atoms with Crippen molar-refractivity contribution in [1.29, 1.82) is 0 Å². The molecule has 3 N–H and O–H groups in total. The minimum Gasteiger partial charge on any atom is -0.384 e. The molecule has 0 saturated heterocycles. The lowest BCUT2D eigenvalue weighted by Crippen LogP contribution is -2.20. The zero-order valence-corrected chi connectivity index (χ0v) is 10.8. The van der Waals surface area contributed by atoms with Gasteiger partial charge in [0.05, 0.1) is 0 Å². The number of anilines is 1. The predicted octanol–water partition coefficient (Wildman–Crippen LogP) is 1.88. The van der Waals surface area contributed by atoms with Crippen LogP contribution in [0.25, 0.3) is 0 Å². The monoisotopic (exact) mass is 271 g/mol. The molecule has 84 valence electrons. The maximum atomic E-state index is 5.61. The Morgan fingerprint density at radius 2 is 2.07 bits per heavy atom. The normalized spacial score (nSPS) is 10.7. The van der Waals surface area contributed by atoms with Gasteiger partial charge in [-0.25, -0.2) is 0 Å². The van der Waals surface area contributed by atoms with E-state index < -0.39 is 0 Å². The number of nitrogens with one attached hydrogen (secondary N) is 1. The average Bonchev–Trinajstić information content (AvgIpc) is 2.16. The molecule has 15 heavy (non-hydrogen) atoms. The van der Waals surface area contributed by atoms with Gasteiger partial charge in [0.2, 0.25) is 0 Å². The maximum Gasteiger partial charge on any atom is 0.0355 e. The van der Waals surface area contributed by atoms with Crippen molar-refractivity contribution in [2.24, 2.45) is 5.73 Å². The van der Waals surface area contributed by atoms with Crippen molar-refractivity contribution >= 4 is 21.6 Å². The van der Waals surface area contributed by atoms with Crippen molar-refractivity contribution in [1.82, 2.24) is 4.90 Å². The Kier molecular flexibility index (Phi) is 5.08. The van der Waals surface area contributed by atoms with Gasteiger partial charge in [0.25, 0.3) is 0 Å². The molecular weight excluding hydrogens is 254 g/mol. The summed E-state index contributed by atoms with van der Waals surface area (Å²) in [6.45, 7) is 2.53. The number of hydrogen-bond donors (Lipinski definition) is 2. The summed E-state index contributed by atoms with van der Waals surface area (Å²) in [6, 6.07) is 6.19.